The van der Waals surface area contributed by atoms with Crippen LogP contribution in [0.25, 0.3) is 39.2 Å². The standard InChI is InChI=1S/C34H37N2/c1-22(2)28-13-10-14-29(23(3)4)33(28)36-31-20-19-27(26-17-15-24(5)16-18-26)21-32(31)35(7)34(36)30-12-9-8-11-25(30)6/h8-23H,1-7H3/q+1. The van der Waals surface area contributed by atoms with Crippen molar-refractivity contribution in [3.8, 4) is 28.2 Å². The molecule has 0 atom stereocenters. The van der Waals surface area contributed by atoms with Crippen LogP contribution in [0.5, 0.6) is 0 Å². The maximum Gasteiger partial charge on any atom is 0.295 e. The van der Waals surface area contributed by atoms with Crippen molar-refractivity contribution in [2.24, 2.45) is 7.05 Å². The van der Waals surface area contributed by atoms with Gasteiger partial charge in [0.2, 0.25) is 0 Å². The Kier molecular flexibility index (Phi) is 6.30. The molecule has 5 aromatic rings. The molecule has 0 aliphatic carbocycles. The second-order valence-corrected chi connectivity index (χ2v) is 10.7. The third-order valence-electron chi connectivity index (χ3n) is 7.44. The number of nitrogens with zero attached hydrogens (tertiary/aromatic N) is 2. The minimum absolute atomic E-state index is 0.415. The largest absolute Gasteiger partial charge is 0.295 e. The molecule has 0 bridgehead atoms. The summed E-state index contributed by atoms with van der Waals surface area (Å²) in [6.45, 7) is 13.6. The third-order valence-corrected chi connectivity index (χ3v) is 7.44. The number of fused-ring (bicyclic) bond motifs is 1. The van der Waals surface area contributed by atoms with E-state index in [0.29, 0.717) is 11.8 Å². The third kappa shape index (κ3) is 4.05. The number of para-hydroxylation sites is 1. The second-order valence-electron chi connectivity index (χ2n) is 10.7. The van der Waals surface area contributed by atoms with Crippen LogP contribution < -0.4 is 4.57 Å². The molecule has 5 rings (SSSR count). The first-order chi connectivity index (χ1) is 17.3. The first-order valence-electron chi connectivity index (χ1n) is 13.1. The molecule has 2 heteroatoms. The van der Waals surface area contributed by atoms with Gasteiger partial charge in [0.05, 0.1) is 12.6 Å². The molecule has 0 amide bonds. The lowest BCUT2D eigenvalue weighted by Gasteiger charge is -2.18. The molecular weight excluding hydrogens is 436 g/mol. The Morgan fingerprint density at radius 2 is 1.28 bits per heavy atom. The molecule has 1 heterocycles. The fraction of sp³-hybridized carbons (Fsp3) is 0.265. The van der Waals surface area contributed by atoms with Crippen molar-refractivity contribution in [1.29, 1.82) is 0 Å². The summed E-state index contributed by atoms with van der Waals surface area (Å²) in [6, 6.07) is 31.4. The predicted molar refractivity (Wildman–Crippen MR) is 153 cm³/mol. The van der Waals surface area contributed by atoms with Crippen molar-refractivity contribution >= 4 is 11.0 Å². The molecule has 4 aromatic carbocycles. The van der Waals surface area contributed by atoms with Crippen LogP contribution in [-0.2, 0) is 7.05 Å². The fourth-order valence-electron chi connectivity index (χ4n) is 5.41. The predicted octanol–water partition coefficient (Wildman–Crippen LogP) is 8.65. The molecular formula is C34H37N2+. The number of rotatable bonds is 5. The number of hydrogen-bond acceptors (Lipinski definition) is 0. The number of aromatic nitrogens is 2. The van der Waals surface area contributed by atoms with Crippen LogP contribution in [0.15, 0.2) is 84.9 Å². The van der Waals surface area contributed by atoms with Crippen molar-refractivity contribution in [3.05, 3.63) is 107 Å². The molecule has 0 aliphatic heterocycles. The Morgan fingerprint density at radius 1 is 0.667 bits per heavy atom. The van der Waals surface area contributed by atoms with Gasteiger partial charge in [0.15, 0.2) is 11.0 Å². The molecule has 0 saturated heterocycles. The fourth-order valence-corrected chi connectivity index (χ4v) is 5.41. The van der Waals surface area contributed by atoms with E-state index in [9.17, 15) is 0 Å². The van der Waals surface area contributed by atoms with Crippen molar-refractivity contribution in [1.82, 2.24) is 4.57 Å². The van der Waals surface area contributed by atoms with Gasteiger partial charge in [0.1, 0.15) is 5.69 Å². The molecule has 0 spiro atoms. The van der Waals surface area contributed by atoms with E-state index in [1.54, 1.807) is 0 Å². The van der Waals surface area contributed by atoms with E-state index in [1.807, 2.05) is 0 Å². The summed E-state index contributed by atoms with van der Waals surface area (Å²) in [5, 5.41) is 0. The quantitative estimate of drug-likeness (QED) is 0.226. The lowest BCUT2D eigenvalue weighted by atomic mass is 9.92. The summed E-state index contributed by atoms with van der Waals surface area (Å²) in [5.41, 5.74) is 12.9. The van der Waals surface area contributed by atoms with Gasteiger partial charge < -0.3 is 0 Å². The van der Waals surface area contributed by atoms with E-state index >= 15 is 0 Å². The zero-order chi connectivity index (χ0) is 25.6. The van der Waals surface area contributed by atoms with Crippen molar-refractivity contribution in [2.75, 3.05) is 0 Å². The molecule has 182 valence electrons. The second kappa shape index (κ2) is 9.43. The summed E-state index contributed by atoms with van der Waals surface area (Å²) in [5.74, 6) is 2.05. The van der Waals surface area contributed by atoms with Gasteiger partial charge in [-0.3, -0.25) is 0 Å². The van der Waals surface area contributed by atoms with E-state index < -0.39 is 0 Å². The molecule has 0 N–H and O–H groups in total. The summed E-state index contributed by atoms with van der Waals surface area (Å²) < 4.78 is 4.91. The van der Waals surface area contributed by atoms with Crippen LogP contribution >= 0.6 is 0 Å². The van der Waals surface area contributed by atoms with E-state index in [4.69, 9.17) is 0 Å². The molecule has 0 saturated carbocycles. The average molecular weight is 474 g/mol. The summed E-state index contributed by atoms with van der Waals surface area (Å²) in [7, 11) is 2.21. The first-order valence-corrected chi connectivity index (χ1v) is 13.1. The molecule has 1 aromatic heterocycles. The summed E-state index contributed by atoms with van der Waals surface area (Å²) in [4.78, 5) is 0. The zero-order valence-electron chi connectivity index (χ0n) is 22.6. The highest BCUT2D eigenvalue weighted by Crippen LogP contribution is 2.34. The highest BCUT2D eigenvalue weighted by molar-refractivity contribution is 5.83. The van der Waals surface area contributed by atoms with Gasteiger partial charge in [-0.2, -0.15) is 4.57 Å². The lowest BCUT2D eigenvalue weighted by molar-refractivity contribution is -0.557. The lowest BCUT2D eigenvalue weighted by Crippen LogP contribution is -2.36. The van der Waals surface area contributed by atoms with E-state index in [2.05, 4.69) is 143 Å². The van der Waals surface area contributed by atoms with Gasteiger partial charge in [0, 0.05) is 11.1 Å². The van der Waals surface area contributed by atoms with E-state index in [-0.39, 0.29) is 0 Å². The number of aryl methyl sites for hydroxylation is 3. The zero-order valence-corrected chi connectivity index (χ0v) is 22.6. The number of hydrogen-bond donors (Lipinski definition) is 0. The highest BCUT2D eigenvalue weighted by Gasteiger charge is 2.31. The summed E-state index contributed by atoms with van der Waals surface area (Å²) in [6.07, 6.45) is 0. The Hall–Kier alpha value is -3.65. The van der Waals surface area contributed by atoms with Crippen molar-refractivity contribution < 1.29 is 4.57 Å². The smallest absolute Gasteiger partial charge is 0.225 e. The van der Waals surface area contributed by atoms with Crippen LogP contribution in [0.4, 0.5) is 0 Å². The normalized spacial score (nSPS) is 11.7. The van der Waals surface area contributed by atoms with Gasteiger partial charge in [-0.25, -0.2) is 4.57 Å². The molecule has 0 radical (unpaired) electrons. The highest BCUT2D eigenvalue weighted by atomic mass is 15.2. The minimum Gasteiger partial charge on any atom is -0.225 e. The van der Waals surface area contributed by atoms with Gasteiger partial charge >= 0.3 is 0 Å². The Labute approximate surface area is 215 Å². The van der Waals surface area contributed by atoms with Crippen LogP contribution in [0, 0.1) is 13.8 Å². The maximum atomic E-state index is 2.53. The van der Waals surface area contributed by atoms with Crippen LogP contribution in [0.1, 0.15) is 61.8 Å². The van der Waals surface area contributed by atoms with Gasteiger partial charge in [-0.05, 0) is 66.6 Å². The average Bonchev–Trinajstić information content (AvgIpc) is 3.15. The SMILES string of the molecule is Cc1ccc(-c2ccc3c(c2)n(C)c(-c2ccccc2C)[n+]3-c2c(C(C)C)cccc2C(C)C)cc1. The van der Waals surface area contributed by atoms with Crippen LogP contribution in [-0.4, -0.2) is 4.57 Å². The van der Waals surface area contributed by atoms with E-state index in [1.165, 1.54) is 61.5 Å². The first kappa shape index (κ1) is 24.1. The number of imidazole rings is 1. The van der Waals surface area contributed by atoms with Crippen LogP contribution in [0.3, 0.4) is 0 Å². The Bertz CT molecular complexity index is 1520. The van der Waals surface area contributed by atoms with Crippen LogP contribution in [0.2, 0.25) is 0 Å². The number of benzene rings is 4. The Balaban J connectivity index is 1.91. The topological polar surface area (TPSA) is 8.81 Å². The van der Waals surface area contributed by atoms with Crippen molar-refractivity contribution in [2.45, 2.75) is 53.4 Å². The summed E-state index contributed by atoms with van der Waals surface area (Å²) >= 11 is 0. The van der Waals surface area contributed by atoms with Gasteiger partial charge in [0.25, 0.3) is 5.82 Å². The van der Waals surface area contributed by atoms with Gasteiger partial charge in [-0.15, -0.1) is 0 Å². The van der Waals surface area contributed by atoms with Crippen molar-refractivity contribution in [3.63, 3.8) is 0 Å². The monoisotopic (exact) mass is 473 g/mol. The van der Waals surface area contributed by atoms with E-state index in [0.717, 1.165) is 0 Å². The molecule has 36 heavy (non-hydrogen) atoms. The Morgan fingerprint density at radius 3 is 1.89 bits per heavy atom. The molecule has 2 nitrogen and oxygen atoms in total. The minimum atomic E-state index is 0.415. The molecule has 0 unspecified atom stereocenters. The molecule has 0 fully saturated rings. The molecule has 0 aliphatic rings. The maximum absolute atomic E-state index is 2.53. The van der Waals surface area contributed by atoms with Gasteiger partial charge in [-0.1, -0.05) is 93.9 Å².